The Morgan fingerprint density at radius 2 is 2.29 bits per heavy atom. The number of rotatable bonds is 5. The summed E-state index contributed by atoms with van der Waals surface area (Å²) in [5.41, 5.74) is 0.937. The molecule has 0 amide bonds. The number of halogens is 1. The summed E-state index contributed by atoms with van der Waals surface area (Å²) in [7, 11) is 0. The van der Waals surface area contributed by atoms with Crippen molar-refractivity contribution in [3.05, 3.63) is 39.2 Å². The molecule has 0 aliphatic carbocycles. The molecule has 1 aromatic rings. The van der Waals surface area contributed by atoms with Crippen molar-refractivity contribution >= 4 is 29.5 Å². The Hall–Kier alpha value is -1.54. The summed E-state index contributed by atoms with van der Waals surface area (Å²) < 4.78 is 1.87. The van der Waals surface area contributed by atoms with E-state index in [1.807, 2.05) is 29.1 Å². The summed E-state index contributed by atoms with van der Waals surface area (Å²) in [4.78, 5) is 16.7. The minimum absolute atomic E-state index is 0.333. The van der Waals surface area contributed by atoms with Gasteiger partial charge in [0.05, 0.1) is 6.54 Å². The molecule has 1 saturated heterocycles. The van der Waals surface area contributed by atoms with E-state index in [2.05, 4.69) is 10.1 Å². The second kappa shape index (κ2) is 6.95. The number of hydrogen-bond acceptors (Lipinski definition) is 4. The third-order valence-electron chi connectivity index (χ3n) is 2.75. The Bertz CT molecular complexity index is 537. The van der Waals surface area contributed by atoms with Crippen LogP contribution >= 0.6 is 23.5 Å². The zero-order valence-electron chi connectivity index (χ0n) is 11.8. The molecule has 7 nitrogen and oxygen atoms in total. The molecule has 0 radical (unpaired) electrons. The molecule has 0 unspecified atom stereocenters. The summed E-state index contributed by atoms with van der Waals surface area (Å²) >= 11 is 7.31. The Labute approximate surface area is 132 Å². The first-order valence-corrected chi connectivity index (χ1v) is 7.70. The Morgan fingerprint density at radius 1 is 1.52 bits per heavy atom. The number of hydrazone groups is 1. The van der Waals surface area contributed by atoms with Crippen LogP contribution in [0.2, 0.25) is 5.15 Å². The van der Waals surface area contributed by atoms with Gasteiger partial charge in [0.25, 0.3) is 5.96 Å². The second-order valence-electron chi connectivity index (χ2n) is 4.80. The fraction of sp³-hybridized carbons (Fsp3) is 0.500. The van der Waals surface area contributed by atoms with Gasteiger partial charge in [-0.2, -0.15) is 0 Å². The molecule has 0 spiro atoms. The van der Waals surface area contributed by atoms with Gasteiger partial charge in [-0.25, -0.2) is 15.1 Å². The van der Waals surface area contributed by atoms with Gasteiger partial charge in [-0.05, 0) is 23.6 Å². The highest BCUT2D eigenvalue weighted by atomic mass is 35.5. The molecule has 114 valence electrons. The molecule has 0 saturated carbocycles. The molecule has 1 aliphatic rings. The monoisotopic (exact) mass is 329 g/mol. The number of pyridine rings is 1. The van der Waals surface area contributed by atoms with Crippen LogP contribution < -0.4 is 0 Å². The average molecular weight is 330 g/mol. The summed E-state index contributed by atoms with van der Waals surface area (Å²) in [5.74, 6) is 0.383. The summed E-state index contributed by atoms with van der Waals surface area (Å²) in [6.45, 7) is 6.00. The molecular formula is C12H16ClN5O2S. The minimum atomic E-state index is -0.651. The first kappa shape index (κ1) is 15.8. The lowest BCUT2D eigenvalue weighted by Crippen LogP contribution is -2.31. The van der Waals surface area contributed by atoms with Crippen LogP contribution in [0, 0.1) is 10.1 Å². The maximum atomic E-state index is 10.8. The molecule has 0 bridgehead atoms. The molecule has 0 N–H and O–H groups in total. The zero-order valence-corrected chi connectivity index (χ0v) is 13.3. The maximum absolute atomic E-state index is 10.8. The number of guanidine groups is 1. The fourth-order valence-electron chi connectivity index (χ4n) is 1.98. The molecular weight excluding hydrogens is 314 g/mol. The average Bonchev–Trinajstić information content (AvgIpc) is 2.74. The molecule has 1 fully saturated rings. The molecule has 2 heterocycles. The van der Waals surface area contributed by atoms with Gasteiger partial charge >= 0.3 is 0 Å². The van der Waals surface area contributed by atoms with E-state index in [-0.39, 0.29) is 0 Å². The minimum Gasteiger partial charge on any atom is -0.331 e. The number of hydrogen-bond donors (Lipinski definition) is 0. The molecule has 9 heteroatoms. The van der Waals surface area contributed by atoms with E-state index in [0.717, 1.165) is 5.56 Å². The highest BCUT2D eigenvalue weighted by Gasteiger charge is 2.30. The second-order valence-corrected chi connectivity index (χ2v) is 6.79. The van der Waals surface area contributed by atoms with Crippen LogP contribution in [-0.2, 0) is 6.54 Å². The van der Waals surface area contributed by atoms with Gasteiger partial charge in [-0.1, -0.05) is 31.5 Å². The first-order valence-electron chi connectivity index (χ1n) is 6.48. The van der Waals surface area contributed by atoms with E-state index in [1.54, 1.807) is 24.2 Å². The smallest absolute Gasteiger partial charge is 0.284 e. The Morgan fingerprint density at radius 3 is 2.86 bits per heavy atom. The largest absolute Gasteiger partial charge is 0.331 e. The SMILES string of the molecule is CC(C)SN1CCN(Cc2ccc(Cl)nc2)C1=N[N+](=O)[O-]. The van der Waals surface area contributed by atoms with E-state index < -0.39 is 5.03 Å². The predicted molar refractivity (Wildman–Crippen MR) is 83.5 cm³/mol. The van der Waals surface area contributed by atoms with E-state index in [9.17, 15) is 10.1 Å². The van der Waals surface area contributed by atoms with Crippen molar-refractivity contribution in [3.63, 3.8) is 0 Å². The van der Waals surface area contributed by atoms with Crippen LogP contribution in [0.3, 0.4) is 0 Å². The molecule has 1 aromatic heterocycles. The van der Waals surface area contributed by atoms with Gasteiger partial charge in [-0.3, -0.25) is 4.31 Å². The van der Waals surface area contributed by atoms with Gasteiger partial charge < -0.3 is 4.90 Å². The predicted octanol–water partition coefficient (Wildman–Crippen LogP) is 2.46. The fourth-order valence-corrected chi connectivity index (χ4v) is 3.03. The van der Waals surface area contributed by atoms with Crippen molar-refractivity contribution in [2.45, 2.75) is 25.6 Å². The van der Waals surface area contributed by atoms with Crippen LogP contribution in [-0.4, -0.2) is 43.5 Å². The zero-order chi connectivity index (χ0) is 15.4. The van der Waals surface area contributed by atoms with Gasteiger partial charge in [-0.15, -0.1) is 0 Å². The van der Waals surface area contributed by atoms with E-state index in [4.69, 9.17) is 11.6 Å². The third-order valence-corrected chi connectivity index (χ3v) is 4.00. The molecule has 0 atom stereocenters. The van der Waals surface area contributed by atoms with Gasteiger partial charge in [0.15, 0.2) is 5.03 Å². The highest BCUT2D eigenvalue weighted by molar-refractivity contribution is 7.98. The summed E-state index contributed by atoms with van der Waals surface area (Å²) in [5, 5.41) is 14.4. The molecule has 2 rings (SSSR count). The van der Waals surface area contributed by atoms with E-state index in [1.165, 1.54) is 0 Å². The highest BCUT2D eigenvalue weighted by Crippen LogP contribution is 2.24. The first-order chi connectivity index (χ1) is 9.95. The normalized spacial score (nSPS) is 17.0. The topological polar surface area (TPSA) is 74.9 Å². The van der Waals surface area contributed by atoms with Crippen molar-refractivity contribution in [1.29, 1.82) is 0 Å². The summed E-state index contributed by atoms with van der Waals surface area (Å²) in [6, 6.07) is 3.56. The summed E-state index contributed by atoms with van der Waals surface area (Å²) in [6.07, 6.45) is 1.67. The van der Waals surface area contributed by atoms with E-state index in [0.29, 0.717) is 36.0 Å². The lowest BCUT2D eigenvalue weighted by Gasteiger charge is -2.21. The van der Waals surface area contributed by atoms with Crippen LogP contribution in [0.25, 0.3) is 0 Å². The van der Waals surface area contributed by atoms with Crippen LogP contribution in [0.4, 0.5) is 0 Å². The van der Waals surface area contributed by atoms with Gasteiger partial charge in [0.1, 0.15) is 10.3 Å². The third kappa shape index (κ3) is 4.47. The number of nitro groups is 1. The lowest BCUT2D eigenvalue weighted by atomic mass is 10.3. The van der Waals surface area contributed by atoms with Crippen molar-refractivity contribution < 1.29 is 5.03 Å². The van der Waals surface area contributed by atoms with Crippen molar-refractivity contribution in [1.82, 2.24) is 14.2 Å². The Kier molecular flexibility index (Phi) is 5.24. The van der Waals surface area contributed by atoms with Gasteiger partial charge in [0, 0.05) is 24.5 Å². The standard InChI is InChI=1S/C12H16ClN5O2S/c1-9(2)21-17-6-5-16(12(17)15-18(19)20)8-10-3-4-11(13)14-7-10/h3-4,7,9H,5-6,8H2,1-2H3. The van der Waals surface area contributed by atoms with Crippen molar-refractivity contribution in [2.75, 3.05) is 13.1 Å². The maximum Gasteiger partial charge on any atom is 0.284 e. The van der Waals surface area contributed by atoms with Crippen LogP contribution in [0.1, 0.15) is 19.4 Å². The molecule has 0 aromatic carbocycles. The van der Waals surface area contributed by atoms with Crippen molar-refractivity contribution in [2.24, 2.45) is 5.10 Å². The molecule has 1 aliphatic heterocycles. The van der Waals surface area contributed by atoms with Crippen LogP contribution in [0.5, 0.6) is 0 Å². The number of nitrogens with zero attached hydrogens (tertiary/aromatic N) is 5. The Balaban J connectivity index is 2.14. The lowest BCUT2D eigenvalue weighted by molar-refractivity contribution is -0.486. The van der Waals surface area contributed by atoms with Crippen LogP contribution in [0.15, 0.2) is 23.4 Å². The quantitative estimate of drug-likeness (QED) is 0.357. The number of aromatic nitrogens is 1. The van der Waals surface area contributed by atoms with E-state index >= 15 is 0 Å². The van der Waals surface area contributed by atoms with Crippen molar-refractivity contribution in [3.8, 4) is 0 Å². The molecule has 21 heavy (non-hydrogen) atoms. The van der Waals surface area contributed by atoms with Gasteiger partial charge in [0.2, 0.25) is 0 Å².